The van der Waals surface area contributed by atoms with Crippen LogP contribution in [0.5, 0.6) is 0 Å². The van der Waals surface area contributed by atoms with Gasteiger partial charge >= 0.3 is 12.1 Å². The standard InChI is InChI=1S/C26H27Cl2F4N3O4/c1-25(24(38)39)7-5-16(6-8-25)35-22(26(30,31)32)17(11-33-35)23(37)34(12-14-3-2-4-14)13-20(36)21-18(27)9-15(29)10-19(21)28/h9-11,14,16H,2-8,12-13H2,1H3,(H,38,39)/t16-,25-. The van der Waals surface area contributed by atoms with Crippen molar-refractivity contribution in [1.29, 1.82) is 0 Å². The summed E-state index contributed by atoms with van der Waals surface area (Å²) in [6, 6.07) is 1.04. The van der Waals surface area contributed by atoms with E-state index in [1.807, 2.05) is 0 Å². The van der Waals surface area contributed by atoms with Gasteiger partial charge in [-0.2, -0.15) is 18.3 Å². The molecule has 0 saturated heterocycles. The second-order valence-electron chi connectivity index (χ2n) is 10.6. The molecule has 1 aromatic carbocycles. The van der Waals surface area contributed by atoms with E-state index in [4.69, 9.17) is 23.2 Å². The van der Waals surface area contributed by atoms with Crippen LogP contribution in [-0.2, 0) is 11.0 Å². The first-order chi connectivity index (χ1) is 18.2. The monoisotopic (exact) mass is 591 g/mol. The molecule has 0 bridgehead atoms. The van der Waals surface area contributed by atoms with Crippen molar-refractivity contribution in [2.24, 2.45) is 11.3 Å². The number of ketones is 1. The summed E-state index contributed by atoms with van der Waals surface area (Å²) in [5.74, 6) is -3.52. The molecule has 4 rings (SSSR count). The first-order valence-corrected chi connectivity index (χ1v) is 13.3. The molecule has 2 aliphatic rings. The number of aliphatic carboxylic acids is 1. The molecule has 7 nitrogen and oxygen atoms in total. The second-order valence-corrected chi connectivity index (χ2v) is 11.4. The van der Waals surface area contributed by atoms with Crippen molar-refractivity contribution < 1.29 is 37.1 Å². The molecule has 0 unspecified atom stereocenters. The molecule has 1 aromatic heterocycles. The Morgan fingerprint density at radius 1 is 1.13 bits per heavy atom. The van der Waals surface area contributed by atoms with Gasteiger partial charge in [0.05, 0.1) is 45.4 Å². The summed E-state index contributed by atoms with van der Waals surface area (Å²) < 4.78 is 57.4. The van der Waals surface area contributed by atoms with E-state index in [9.17, 15) is 37.1 Å². The Morgan fingerprint density at radius 2 is 1.72 bits per heavy atom. The molecule has 0 radical (unpaired) electrons. The van der Waals surface area contributed by atoms with E-state index in [1.54, 1.807) is 6.92 Å². The van der Waals surface area contributed by atoms with E-state index in [2.05, 4.69) is 5.10 Å². The summed E-state index contributed by atoms with van der Waals surface area (Å²) in [5, 5.41) is 12.8. The summed E-state index contributed by atoms with van der Waals surface area (Å²) in [5.41, 5.74) is -3.19. The molecule has 1 amide bonds. The number of Topliss-reactive ketones (excluding diaryl/α,β-unsaturated/α-hetero) is 1. The minimum Gasteiger partial charge on any atom is -0.481 e. The Hall–Kier alpha value is -2.66. The topological polar surface area (TPSA) is 92.5 Å². The molecule has 2 aromatic rings. The highest BCUT2D eigenvalue weighted by Crippen LogP contribution is 2.43. The summed E-state index contributed by atoms with van der Waals surface area (Å²) in [4.78, 5) is 39.3. The third kappa shape index (κ3) is 6.09. The Labute approximate surface area is 232 Å². The number of aromatic nitrogens is 2. The lowest BCUT2D eigenvalue weighted by molar-refractivity contribution is -0.152. The summed E-state index contributed by atoms with van der Waals surface area (Å²) in [7, 11) is 0. The van der Waals surface area contributed by atoms with Gasteiger partial charge in [-0.25, -0.2) is 4.39 Å². The second kappa shape index (κ2) is 11.1. The van der Waals surface area contributed by atoms with Crippen LogP contribution >= 0.6 is 23.2 Å². The van der Waals surface area contributed by atoms with E-state index in [-0.39, 0.29) is 53.8 Å². The van der Waals surface area contributed by atoms with Crippen molar-refractivity contribution in [2.75, 3.05) is 13.1 Å². The van der Waals surface area contributed by atoms with Crippen LogP contribution in [0.25, 0.3) is 0 Å². The highest BCUT2D eigenvalue weighted by atomic mass is 35.5. The fourth-order valence-electron chi connectivity index (χ4n) is 5.21. The van der Waals surface area contributed by atoms with E-state index >= 15 is 0 Å². The molecule has 1 N–H and O–H groups in total. The number of hydrogen-bond acceptors (Lipinski definition) is 4. The van der Waals surface area contributed by atoms with Crippen LogP contribution < -0.4 is 0 Å². The van der Waals surface area contributed by atoms with Crippen LogP contribution in [0.3, 0.4) is 0 Å². The van der Waals surface area contributed by atoms with Crippen LogP contribution in [0.15, 0.2) is 18.3 Å². The zero-order valence-corrected chi connectivity index (χ0v) is 22.5. The number of amides is 1. The molecule has 2 saturated carbocycles. The van der Waals surface area contributed by atoms with Gasteiger partial charge in [0.25, 0.3) is 5.91 Å². The minimum atomic E-state index is -4.94. The van der Waals surface area contributed by atoms with Gasteiger partial charge in [-0.3, -0.25) is 19.1 Å². The highest BCUT2D eigenvalue weighted by Gasteiger charge is 2.45. The Kier molecular flexibility index (Phi) is 8.33. The molecule has 1 heterocycles. The molecule has 0 atom stereocenters. The van der Waals surface area contributed by atoms with Crippen molar-refractivity contribution in [3.63, 3.8) is 0 Å². The van der Waals surface area contributed by atoms with Gasteiger partial charge in [0.2, 0.25) is 0 Å². The van der Waals surface area contributed by atoms with Gasteiger partial charge in [0, 0.05) is 6.54 Å². The van der Waals surface area contributed by atoms with Crippen LogP contribution in [-0.4, -0.2) is 50.5 Å². The maximum absolute atomic E-state index is 14.3. The fraction of sp³-hybridized carbons (Fsp3) is 0.538. The van der Waals surface area contributed by atoms with Crippen LogP contribution in [0.4, 0.5) is 17.6 Å². The molecule has 2 aliphatic carbocycles. The lowest BCUT2D eigenvalue weighted by atomic mass is 9.74. The van der Waals surface area contributed by atoms with E-state index in [1.165, 1.54) is 0 Å². The maximum Gasteiger partial charge on any atom is 0.433 e. The maximum atomic E-state index is 14.3. The number of alkyl halides is 3. The number of halogens is 6. The van der Waals surface area contributed by atoms with Gasteiger partial charge in [0.1, 0.15) is 5.82 Å². The lowest BCUT2D eigenvalue weighted by Gasteiger charge is -2.35. The number of rotatable bonds is 8. The number of carboxylic acid groups (broad SMARTS) is 1. The van der Waals surface area contributed by atoms with E-state index in [0.29, 0.717) is 0 Å². The van der Waals surface area contributed by atoms with Gasteiger partial charge in [0.15, 0.2) is 11.5 Å². The third-order valence-electron chi connectivity index (χ3n) is 7.83. The molecular formula is C26H27Cl2F4N3O4. The van der Waals surface area contributed by atoms with Crippen LogP contribution in [0.1, 0.15) is 84.3 Å². The highest BCUT2D eigenvalue weighted by molar-refractivity contribution is 6.40. The predicted octanol–water partition coefficient (Wildman–Crippen LogP) is 6.68. The smallest absolute Gasteiger partial charge is 0.433 e. The molecule has 0 spiro atoms. The average molecular weight is 592 g/mol. The first kappa shape index (κ1) is 29.3. The predicted molar refractivity (Wildman–Crippen MR) is 134 cm³/mol. The number of carboxylic acids is 1. The molecule has 212 valence electrons. The quantitative estimate of drug-likeness (QED) is 0.273. The zero-order valence-electron chi connectivity index (χ0n) is 21.0. The van der Waals surface area contributed by atoms with Gasteiger partial charge in [-0.15, -0.1) is 0 Å². The van der Waals surface area contributed by atoms with E-state index in [0.717, 1.165) is 47.2 Å². The van der Waals surface area contributed by atoms with Gasteiger partial charge in [-0.1, -0.05) is 29.6 Å². The molecule has 39 heavy (non-hydrogen) atoms. The molecule has 0 aliphatic heterocycles. The summed E-state index contributed by atoms with van der Waals surface area (Å²) >= 11 is 12.0. The Balaban J connectivity index is 1.65. The number of hydrogen-bond donors (Lipinski definition) is 1. The molecular weight excluding hydrogens is 565 g/mol. The first-order valence-electron chi connectivity index (χ1n) is 12.6. The van der Waals surface area contributed by atoms with Crippen molar-refractivity contribution in [2.45, 2.75) is 64.1 Å². The van der Waals surface area contributed by atoms with Crippen molar-refractivity contribution in [3.05, 3.63) is 51.0 Å². The van der Waals surface area contributed by atoms with Crippen LogP contribution in [0, 0.1) is 17.2 Å². The SMILES string of the molecule is C[C@]1(C(=O)O)CC[C@H](n2ncc(C(=O)N(CC(=O)c3c(Cl)cc(F)cc3Cl)CC3CCC3)c2C(F)(F)F)CC1. The normalized spacial score (nSPS) is 21.9. The van der Waals surface area contributed by atoms with Crippen molar-refractivity contribution in [3.8, 4) is 0 Å². The number of nitrogens with zero attached hydrogens (tertiary/aromatic N) is 3. The molecule has 13 heteroatoms. The Bertz CT molecular complexity index is 1260. The number of carbonyl (C=O) groups excluding carboxylic acids is 2. The summed E-state index contributed by atoms with van der Waals surface area (Å²) in [6.07, 6.45) is -1.06. The van der Waals surface area contributed by atoms with Gasteiger partial charge in [-0.05, 0) is 63.5 Å². The van der Waals surface area contributed by atoms with Crippen molar-refractivity contribution >= 4 is 40.9 Å². The van der Waals surface area contributed by atoms with Crippen LogP contribution in [0.2, 0.25) is 10.0 Å². The summed E-state index contributed by atoms with van der Waals surface area (Å²) in [6.45, 7) is 0.996. The third-order valence-corrected chi connectivity index (χ3v) is 8.42. The molecule has 2 fully saturated rings. The van der Waals surface area contributed by atoms with Crippen molar-refractivity contribution in [1.82, 2.24) is 14.7 Å². The lowest BCUT2D eigenvalue weighted by Crippen LogP contribution is -2.41. The number of benzene rings is 1. The average Bonchev–Trinajstić information content (AvgIpc) is 3.25. The van der Waals surface area contributed by atoms with E-state index < -0.39 is 58.9 Å². The minimum absolute atomic E-state index is 0.0114. The Morgan fingerprint density at radius 3 is 2.21 bits per heavy atom. The zero-order chi connectivity index (χ0) is 28.7. The number of carbonyl (C=O) groups is 3. The largest absolute Gasteiger partial charge is 0.481 e. The fourth-order valence-corrected chi connectivity index (χ4v) is 5.89. The van der Waals surface area contributed by atoms with Gasteiger partial charge < -0.3 is 10.0 Å².